The zero-order chi connectivity index (χ0) is 13.9. The first-order chi connectivity index (χ1) is 9.22. The molecule has 1 aromatic carbocycles. The molecule has 0 aliphatic rings. The van der Waals surface area contributed by atoms with E-state index in [1.54, 1.807) is 7.11 Å². The number of alkyl halides is 1. The van der Waals surface area contributed by atoms with Gasteiger partial charge in [0.25, 0.3) is 0 Å². The minimum absolute atomic E-state index is 0.0328. The highest BCUT2D eigenvalue weighted by Crippen LogP contribution is 2.05. The summed E-state index contributed by atoms with van der Waals surface area (Å²) in [6.45, 7) is 1.13. The average molecular weight is 284 g/mol. The molecule has 1 amide bonds. The molecule has 0 spiro atoms. The number of halogens is 1. The van der Waals surface area contributed by atoms with Gasteiger partial charge < -0.3 is 10.1 Å². The van der Waals surface area contributed by atoms with Crippen LogP contribution >= 0.6 is 11.6 Å². The Morgan fingerprint density at radius 2 is 2.11 bits per heavy atom. The lowest BCUT2D eigenvalue weighted by atomic mass is 10.1. The minimum atomic E-state index is -0.0328. The van der Waals surface area contributed by atoms with Gasteiger partial charge in [-0.25, -0.2) is 0 Å². The highest BCUT2D eigenvalue weighted by atomic mass is 35.5. The van der Waals surface area contributed by atoms with E-state index in [9.17, 15) is 4.79 Å². The second kappa shape index (κ2) is 9.82. The van der Waals surface area contributed by atoms with Gasteiger partial charge in [-0.3, -0.25) is 4.79 Å². The van der Waals surface area contributed by atoms with Crippen molar-refractivity contribution in [2.45, 2.75) is 31.1 Å². The Labute approximate surface area is 120 Å². The standard InChI is InChI=1S/C15H22ClNO2/c1-19-12-14(16)10-11-17-15(18)9-5-8-13-6-3-2-4-7-13/h2-4,6-7,14H,5,8-12H2,1H3,(H,17,18). The van der Waals surface area contributed by atoms with E-state index >= 15 is 0 Å². The maximum absolute atomic E-state index is 11.6. The van der Waals surface area contributed by atoms with E-state index in [0.717, 1.165) is 19.3 Å². The van der Waals surface area contributed by atoms with E-state index in [2.05, 4.69) is 17.4 Å². The topological polar surface area (TPSA) is 38.3 Å². The Balaban J connectivity index is 2.05. The van der Waals surface area contributed by atoms with Crippen molar-refractivity contribution in [1.82, 2.24) is 5.32 Å². The number of hydrogen-bond acceptors (Lipinski definition) is 2. The lowest BCUT2D eigenvalue weighted by Gasteiger charge is -2.09. The molecule has 0 aliphatic carbocycles. The SMILES string of the molecule is COCC(Cl)CCNC(=O)CCCc1ccccc1. The molecule has 3 nitrogen and oxygen atoms in total. The Morgan fingerprint density at radius 3 is 2.79 bits per heavy atom. The van der Waals surface area contributed by atoms with Crippen LogP contribution in [-0.4, -0.2) is 31.5 Å². The summed E-state index contributed by atoms with van der Waals surface area (Å²) in [4.78, 5) is 11.6. The Morgan fingerprint density at radius 1 is 1.37 bits per heavy atom. The molecule has 1 unspecified atom stereocenters. The predicted molar refractivity (Wildman–Crippen MR) is 78.5 cm³/mol. The number of hydrogen-bond donors (Lipinski definition) is 1. The molecule has 0 bridgehead atoms. The molecule has 0 radical (unpaired) electrons. The third-order valence-electron chi connectivity index (χ3n) is 2.84. The summed E-state index contributed by atoms with van der Waals surface area (Å²) in [6, 6.07) is 10.2. The second-order valence-corrected chi connectivity index (χ2v) is 5.15. The van der Waals surface area contributed by atoms with Gasteiger partial charge in [0.05, 0.1) is 12.0 Å². The first-order valence-electron chi connectivity index (χ1n) is 6.66. The quantitative estimate of drug-likeness (QED) is 0.708. The summed E-state index contributed by atoms with van der Waals surface area (Å²) in [5.74, 6) is 0.0946. The largest absolute Gasteiger partial charge is 0.383 e. The van der Waals surface area contributed by atoms with Crippen LogP contribution in [0.4, 0.5) is 0 Å². The van der Waals surface area contributed by atoms with Gasteiger partial charge in [-0.05, 0) is 24.8 Å². The molecule has 0 saturated carbocycles. The van der Waals surface area contributed by atoms with E-state index in [1.165, 1.54) is 5.56 Å². The van der Waals surface area contributed by atoms with Crippen LogP contribution in [-0.2, 0) is 16.0 Å². The average Bonchev–Trinajstić information content (AvgIpc) is 2.40. The Hall–Kier alpha value is -1.06. The smallest absolute Gasteiger partial charge is 0.220 e. The zero-order valence-corrected chi connectivity index (χ0v) is 12.2. The first kappa shape index (κ1) is 16.0. The number of amides is 1. The summed E-state index contributed by atoms with van der Waals surface area (Å²) >= 11 is 5.97. The fraction of sp³-hybridized carbons (Fsp3) is 0.533. The van der Waals surface area contributed by atoms with Crippen LogP contribution in [0, 0.1) is 0 Å². The van der Waals surface area contributed by atoms with Crippen molar-refractivity contribution in [3.63, 3.8) is 0 Å². The van der Waals surface area contributed by atoms with Crippen LogP contribution in [0.15, 0.2) is 30.3 Å². The highest BCUT2D eigenvalue weighted by Gasteiger charge is 2.05. The molecule has 0 aliphatic heterocycles. The molecule has 0 fully saturated rings. The molecule has 0 saturated heterocycles. The van der Waals surface area contributed by atoms with Gasteiger partial charge in [-0.2, -0.15) is 0 Å². The van der Waals surface area contributed by atoms with Crippen LogP contribution in [0.25, 0.3) is 0 Å². The summed E-state index contributed by atoms with van der Waals surface area (Å²) in [5, 5.41) is 2.85. The summed E-state index contributed by atoms with van der Waals surface area (Å²) in [5.41, 5.74) is 1.27. The van der Waals surface area contributed by atoms with Gasteiger partial charge >= 0.3 is 0 Å². The molecule has 1 rings (SSSR count). The number of carbonyl (C=O) groups is 1. The van der Waals surface area contributed by atoms with Gasteiger partial charge in [0, 0.05) is 20.1 Å². The number of methoxy groups -OCH3 is 1. The van der Waals surface area contributed by atoms with Crippen molar-refractivity contribution in [1.29, 1.82) is 0 Å². The van der Waals surface area contributed by atoms with Crippen LogP contribution in [0.1, 0.15) is 24.8 Å². The van der Waals surface area contributed by atoms with Crippen molar-refractivity contribution < 1.29 is 9.53 Å². The van der Waals surface area contributed by atoms with Crippen molar-refractivity contribution >= 4 is 17.5 Å². The van der Waals surface area contributed by atoms with E-state index in [1.807, 2.05) is 18.2 Å². The summed E-state index contributed by atoms with van der Waals surface area (Å²) in [6.07, 6.45) is 3.11. The number of benzene rings is 1. The van der Waals surface area contributed by atoms with E-state index < -0.39 is 0 Å². The van der Waals surface area contributed by atoms with Crippen molar-refractivity contribution in [3.8, 4) is 0 Å². The fourth-order valence-electron chi connectivity index (χ4n) is 1.82. The van der Waals surface area contributed by atoms with Crippen molar-refractivity contribution in [2.75, 3.05) is 20.3 Å². The van der Waals surface area contributed by atoms with Crippen LogP contribution in [0.5, 0.6) is 0 Å². The summed E-state index contributed by atoms with van der Waals surface area (Å²) in [7, 11) is 1.62. The molecule has 4 heteroatoms. The predicted octanol–water partition coefficient (Wildman–Crippen LogP) is 2.77. The van der Waals surface area contributed by atoms with Gasteiger partial charge in [-0.1, -0.05) is 30.3 Å². The van der Waals surface area contributed by atoms with E-state index in [0.29, 0.717) is 19.6 Å². The number of aryl methyl sites for hydroxylation is 1. The lowest BCUT2D eigenvalue weighted by molar-refractivity contribution is -0.121. The zero-order valence-electron chi connectivity index (χ0n) is 11.4. The number of ether oxygens (including phenoxy) is 1. The van der Waals surface area contributed by atoms with Gasteiger partial charge in [0.15, 0.2) is 0 Å². The molecule has 0 heterocycles. The van der Waals surface area contributed by atoms with Crippen LogP contribution in [0.2, 0.25) is 0 Å². The molecular weight excluding hydrogens is 262 g/mol. The maximum Gasteiger partial charge on any atom is 0.220 e. The number of rotatable bonds is 9. The molecule has 0 aromatic heterocycles. The molecule has 19 heavy (non-hydrogen) atoms. The molecule has 106 valence electrons. The lowest BCUT2D eigenvalue weighted by Crippen LogP contribution is -2.26. The fourth-order valence-corrected chi connectivity index (χ4v) is 2.05. The van der Waals surface area contributed by atoms with Crippen LogP contribution < -0.4 is 5.32 Å². The van der Waals surface area contributed by atoms with Gasteiger partial charge in [0.2, 0.25) is 5.91 Å². The normalized spacial score (nSPS) is 12.1. The number of nitrogens with one attached hydrogen (secondary N) is 1. The Kier molecular flexibility index (Phi) is 8.26. The van der Waals surface area contributed by atoms with Crippen LogP contribution in [0.3, 0.4) is 0 Å². The third-order valence-corrected chi connectivity index (χ3v) is 3.18. The molecule has 1 atom stereocenters. The minimum Gasteiger partial charge on any atom is -0.383 e. The monoisotopic (exact) mass is 283 g/mol. The van der Waals surface area contributed by atoms with Gasteiger partial charge in [-0.15, -0.1) is 11.6 Å². The van der Waals surface area contributed by atoms with Crippen molar-refractivity contribution in [3.05, 3.63) is 35.9 Å². The Bertz CT molecular complexity index is 356. The van der Waals surface area contributed by atoms with Gasteiger partial charge in [0.1, 0.15) is 0 Å². The number of carbonyl (C=O) groups excluding carboxylic acids is 1. The van der Waals surface area contributed by atoms with E-state index in [4.69, 9.17) is 16.3 Å². The maximum atomic E-state index is 11.6. The molecule has 1 aromatic rings. The van der Waals surface area contributed by atoms with Crippen molar-refractivity contribution in [2.24, 2.45) is 0 Å². The highest BCUT2D eigenvalue weighted by molar-refractivity contribution is 6.20. The first-order valence-corrected chi connectivity index (χ1v) is 7.09. The third kappa shape index (κ3) is 7.85. The van der Waals surface area contributed by atoms with E-state index in [-0.39, 0.29) is 11.3 Å². The molecular formula is C15H22ClNO2. The summed E-state index contributed by atoms with van der Waals surface area (Å²) < 4.78 is 4.93. The molecule has 1 N–H and O–H groups in total. The second-order valence-electron chi connectivity index (χ2n) is 4.53.